The molecule has 0 atom stereocenters. The fraction of sp³-hybridized carbons (Fsp3) is 0.571. The van der Waals surface area contributed by atoms with Gasteiger partial charge in [0.05, 0.1) is 5.69 Å². The van der Waals surface area contributed by atoms with Gasteiger partial charge in [-0.25, -0.2) is 0 Å². The van der Waals surface area contributed by atoms with Gasteiger partial charge in [-0.2, -0.15) is 0 Å². The van der Waals surface area contributed by atoms with Gasteiger partial charge in [0, 0.05) is 32.1 Å². The second kappa shape index (κ2) is 5.92. The zero-order chi connectivity index (χ0) is 12.1. The summed E-state index contributed by atoms with van der Waals surface area (Å²) in [4.78, 5) is 17.8. The van der Waals surface area contributed by atoms with E-state index in [1.807, 2.05) is 18.3 Å². The fourth-order valence-electron chi connectivity index (χ4n) is 2.46. The van der Waals surface area contributed by atoms with Crippen LogP contribution in [-0.4, -0.2) is 29.3 Å². The van der Waals surface area contributed by atoms with E-state index in [1.54, 1.807) is 0 Å². The molecule has 1 aliphatic rings. The molecule has 1 aromatic heterocycles. The first-order chi connectivity index (χ1) is 8.24. The molecule has 1 heterocycles. The summed E-state index contributed by atoms with van der Waals surface area (Å²) in [6, 6.07) is 6.02. The van der Waals surface area contributed by atoms with Crippen molar-refractivity contribution in [2.45, 2.75) is 32.2 Å². The molecule has 17 heavy (non-hydrogen) atoms. The van der Waals surface area contributed by atoms with Crippen molar-refractivity contribution in [3.05, 3.63) is 30.1 Å². The Balaban J connectivity index is 1.77. The zero-order valence-corrected chi connectivity index (χ0v) is 10.4. The Hall–Kier alpha value is -1.22. The van der Waals surface area contributed by atoms with Crippen LogP contribution >= 0.6 is 0 Å². The number of Topliss-reactive ketones (excluding diaryl/α,β-unsaturated/α-hetero) is 1. The number of carbonyl (C=O) groups is 1. The van der Waals surface area contributed by atoms with Crippen LogP contribution in [0.3, 0.4) is 0 Å². The van der Waals surface area contributed by atoms with Crippen LogP contribution in [0, 0.1) is 5.92 Å². The van der Waals surface area contributed by atoms with Crippen LogP contribution in [0.4, 0.5) is 0 Å². The summed E-state index contributed by atoms with van der Waals surface area (Å²) < 4.78 is 0. The SMILES string of the molecule is CN(Cc1ccccn1)CC1CCC(=O)CC1. The van der Waals surface area contributed by atoms with E-state index in [-0.39, 0.29) is 0 Å². The third-order valence-electron chi connectivity index (χ3n) is 3.39. The first kappa shape index (κ1) is 12.2. The van der Waals surface area contributed by atoms with Crippen LogP contribution in [0.15, 0.2) is 24.4 Å². The summed E-state index contributed by atoms with van der Waals surface area (Å²) >= 11 is 0. The molecule has 0 unspecified atom stereocenters. The minimum atomic E-state index is 0.439. The van der Waals surface area contributed by atoms with Gasteiger partial charge in [0.25, 0.3) is 0 Å². The van der Waals surface area contributed by atoms with Crippen molar-refractivity contribution in [1.82, 2.24) is 9.88 Å². The normalized spacial score (nSPS) is 17.6. The Morgan fingerprint density at radius 3 is 2.76 bits per heavy atom. The molecule has 1 fully saturated rings. The Morgan fingerprint density at radius 2 is 2.12 bits per heavy atom. The van der Waals surface area contributed by atoms with Crippen LogP contribution < -0.4 is 0 Å². The lowest BCUT2D eigenvalue weighted by molar-refractivity contribution is -0.121. The van der Waals surface area contributed by atoms with Gasteiger partial charge in [-0.3, -0.25) is 9.78 Å². The van der Waals surface area contributed by atoms with Gasteiger partial charge in [0.1, 0.15) is 5.78 Å². The lowest BCUT2D eigenvalue weighted by Gasteiger charge is -2.26. The van der Waals surface area contributed by atoms with Gasteiger partial charge >= 0.3 is 0 Å². The van der Waals surface area contributed by atoms with Crippen molar-refractivity contribution in [3.63, 3.8) is 0 Å². The van der Waals surface area contributed by atoms with Gasteiger partial charge in [-0.05, 0) is 37.9 Å². The van der Waals surface area contributed by atoms with Crippen LogP contribution in [0.2, 0.25) is 0 Å². The van der Waals surface area contributed by atoms with Crippen LogP contribution in [-0.2, 0) is 11.3 Å². The largest absolute Gasteiger partial charge is 0.300 e. The number of ketones is 1. The van der Waals surface area contributed by atoms with Crippen molar-refractivity contribution in [1.29, 1.82) is 0 Å². The maximum atomic E-state index is 11.2. The molecule has 0 spiro atoms. The van der Waals surface area contributed by atoms with E-state index in [9.17, 15) is 4.79 Å². The van der Waals surface area contributed by atoms with Crippen LogP contribution in [0.1, 0.15) is 31.4 Å². The summed E-state index contributed by atoms with van der Waals surface area (Å²) in [5, 5.41) is 0. The minimum absolute atomic E-state index is 0.439. The highest BCUT2D eigenvalue weighted by Gasteiger charge is 2.19. The van der Waals surface area contributed by atoms with Gasteiger partial charge in [-0.15, -0.1) is 0 Å². The molecule has 2 rings (SSSR count). The number of pyridine rings is 1. The summed E-state index contributed by atoms with van der Waals surface area (Å²) in [6.45, 7) is 1.97. The Morgan fingerprint density at radius 1 is 1.35 bits per heavy atom. The standard InChI is InChI=1S/C14H20N2O/c1-16(11-13-4-2-3-9-15-13)10-12-5-7-14(17)8-6-12/h2-4,9,12H,5-8,10-11H2,1H3. The van der Waals surface area contributed by atoms with Crippen molar-refractivity contribution in [2.24, 2.45) is 5.92 Å². The van der Waals surface area contributed by atoms with Gasteiger partial charge < -0.3 is 4.90 Å². The average Bonchev–Trinajstić information content (AvgIpc) is 2.33. The van der Waals surface area contributed by atoms with E-state index in [1.165, 1.54) is 0 Å². The van der Waals surface area contributed by atoms with Gasteiger partial charge in [0.2, 0.25) is 0 Å². The molecule has 3 nitrogen and oxygen atoms in total. The molecule has 0 aliphatic heterocycles. The van der Waals surface area contributed by atoms with Gasteiger partial charge in [-0.1, -0.05) is 6.07 Å². The number of carbonyl (C=O) groups excluding carboxylic acids is 1. The molecular weight excluding hydrogens is 212 g/mol. The van der Waals surface area contributed by atoms with E-state index in [4.69, 9.17) is 0 Å². The molecule has 0 amide bonds. The maximum Gasteiger partial charge on any atom is 0.132 e. The van der Waals surface area contributed by atoms with E-state index < -0.39 is 0 Å². The van der Waals surface area contributed by atoms with Crippen molar-refractivity contribution in [3.8, 4) is 0 Å². The molecule has 0 N–H and O–H groups in total. The molecular formula is C14H20N2O. The van der Waals surface area contributed by atoms with Crippen molar-refractivity contribution < 1.29 is 4.79 Å². The molecule has 0 aromatic carbocycles. The van der Waals surface area contributed by atoms with Crippen LogP contribution in [0.25, 0.3) is 0 Å². The molecule has 1 saturated carbocycles. The second-order valence-corrected chi connectivity index (χ2v) is 5.00. The van der Waals surface area contributed by atoms with E-state index in [0.717, 1.165) is 44.5 Å². The lowest BCUT2D eigenvalue weighted by Crippen LogP contribution is -2.28. The van der Waals surface area contributed by atoms with Gasteiger partial charge in [0.15, 0.2) is 0 Å². The number of nitrogens with zero attached hydrogens (tertiary/aromatic N) is 2. The Labute approximate surface area is 103 Å². The molecule has 92 valence electrons. The number of hydrogen-bond donors (Lipinski definition) is 0. The monoisotopic (exact) mass is 232 g/mol. The quantitative estimate of drug-likeness (QED) is 0.798. The predicted molar refractivity (Wildman–Crippen MR) is 67.5 cm³/mol. The van der Waals surface area contributed by atoms with E-state index >= 15 is 0 Å². The molecule has 1 aliphatic carbocycles. The number of rotatable bonds is 4. The first-order valence-corrected chi connectivity index (χ1v) is 6.34. The first-order valence-electron chi connectivity index (χ1n) is 6.34. The fourth-order valence-corrected chi connectivity index (χ4v) is 2.46. The summed E-state index contributed by atoms with van der Waals surface area (Å²) in [7, 11) is 2.13. The highest BCUT2D eigenvalue weighted by molar-refractivity contribution is 5.79. The molecule has 0 bridgehead atoms. The van der Waals surface area contributed by atoms with Crippen molar-refractivity contribution in [2.75, 3.05) is 13.6 Å². The Kier molecular flexibility index (Phi) is 4.26. The number of hydrogen-bond acceptors (Lipinski definition) is 3. The topological polar surface area (TPSA) is 33.2 Å². The number of aromatic nitrogens is 1. The third-order valence-corrected chi connectivity index (χ3v) is 3.39. The highest BCUT2D eigenvalue weighted by atomic mass is 16.1. The Bertz CT molecular complexity index is 354. The summed E-state index contributed by atoms with van der Waals surface area (Å²) in [5.74, 6) is 1.12. The minimum Gasteiger partial charge on any atom is -0.300 e. The maximum absolute atomic E-state index is 11.2. The highest BCUT2D eigenvalue weighted by Crippen LogP contribution is 2.22. The molecule has 1 aromatic rings. The van der Waals surface area contributed by atoms with Crippen LogP contribution in [0.5, 0.6) is 0 Å². The average molecular weight is 232 g/mol. The molecule has 0 radical (unpaired) electrons. The molecule has 3 heteroatoms. The predicted octanol–water partition coefficient (Wildman–Crippen LogP) is 2.27. The van der Waals surface area contributed by atoms with E-state index in [2.05, 4.69) is 23.0 Å². The second-order valence-electron chi connectivity index (χ2n) is 5.00. The zero-order valence-electron chi connectivity index (χ0n) is 10.4. The summed E-state index contributed by atoms with van der Waals surface area (Å²) in [5.41, 5.74) is 1.11. The smallest absolute Gasteiger partial charge is 0.132 e. The third kappa shape index (κ3) is 3.93. The summed E-state index contributed by atoms with van der Waals surface area (Å²) in [6.07, 6.45) is 5.52. The lowest BCUT2D eigenvalue weighted by atomic mass is 9.88. The van der Waals surface area contributed by atoms with Crippen molar-refractivity contribution >= 4 is 5.78 Å². The van der Waals surface area contributed by atoms with E-state index in [0.29, 0.717) is 11.7 Å². The molecule has 0 saturated heterocycles.